The zero-order valence-electron chi connectivity index (χ0n) is 15.3. The molecule has 0 aliphatic carbocycles. The molecular formula is C21H28N2. The molecule has 0 unspecified atom stereocenters. The normalized spacial score (nSPS) is 14.7. The molecule has 23 heavy (non-hydrogen) atoms. The molecule has 0 bridgehead atoms. The van der Waals surface area contributed by atoms with Crippen molar-refractivity contribution in [1.82, 2.24) is 0 Å². The van der Waals surface area contributed by atoms with Crippen LogP contribution < -0.4 is 9.80 Å². The molecule has 0 radical (unpaired) electrons. The third-order valence-electron chi connectivity index (χ3n) is 5.72. The number of rotatable bonds is 2. The first-order chi connectivity index (χ1) is 10.9. The van der Waals surface area contributed by atoms with Crippen LogP contribution in [0.4, 0.5) is 11.4 Å². The van der Waals surface area contributed by atoms with Gasteiger partial charge in [-0.1, -0.05) is 12.1 Å². The molecule has 0 aromatic heterocycles. The quantitative estimate of drug-likeness (QED) is 0.784. The first-order valence-electron chi connectivity index (χ1n) is 8.53. The fraction of sp³-hybridized carbons (Fsp3) is 0.429. The molecule has 122 valence electrons. The van der Waals surface area contributed by atoms with E-state index in [1.807, 2.05) is 0 Å². The second-order valence-electron chi connectivity index (χ2n) is 6.97. The Morgan fingerprint density at radius 2 is 0.957 bits per heavy atom. The van der Waals surface area contributed by atoms with Crippen LogP contribution in [0.2, 0.25) is 0 Å². The lowest BCUT2D eigenvalue weighted by Crippen LogP contribution is -2.26. The Labute approximate surface area is 140 Å². The maximum Gasteiger partial charge on any atom is 0.0904 e. The SMILES string of the molecule is Cc1ccc(N2CCN(c3ccc(C)c(C)c3C)C2)c(C)c1C. The molecule has 1 saturated heterocycles. The number of aryl methyl sites for hydroxylation is 2. The van der Waals surface area contributed by atoms with Gasteiger partial charge in [0.2, 0.25) is 0 Å². The minimum Gasteiger partial charge on any atom is -0.352 e. The van der Waals surface area contributed by atoms with Gasteiger partial charge < -0.3 is 9.80 Å². The van der Waals surface area contributed by atoms with Crippen molar-refractivity contribution in [3.63, 3.8) is 0 Å². The van der Waals surface area contributed by atoms with Crippen molar-refractivity contribution in [1.29, 1.82) is 0 Å². The van der Waals surface area contributed by atoms with Crippen molar-refractivity contribution in [2.75, 3.05) is 29.6 Å². The number of benzene rings is 2. The van der Waals surface area contributed by atoms with E-state index < -0.39 is 0 Å². The number of hydrogen-bond donors (Lipinski definition) is 0. The van der Waals surface area contributed by atoms with Crippen LogP contribution in [-0.2, 0) is 0 Å². The second-order valence-corrected chi connectivity index (χ2v) is 6.97. The fourth-order valence-electron chi connectivity index (χ4n) is 3.55. The summed E-state index contributed by atoms with van der Waals surface area (Å²) in [6.07, 6.45) is 0. The maximum absolute atomic E-state index is 2.51. The highest BCUT2D eigenvalue weighted by Gasteiger charge is 2.23. The summed E-state index contributed by atoms with van der Waals surface area (Å²) in [5.41, 5.74) is 11.2. The van der Waals surface area contributed by atoms with Crippen molar-refractivity contribution in [3.8, 4) is 0 Å². The van der Waals surface area contributed by atoms with E-state index in [9.17, 15) is 0 Å². The van der Waals surface area contributed by atoms with Crippen LogP contribution in [0.5, 0.6) is 0 Å². The maximum atomic E-state index is 2.51. The van der Waals surface area contributed by atoms with Crippen LogP contribution in [0.25, 0.3) is 0 Å². The highest BCUT2D eigenvalue weighted by Crippen LogP contribution is 2.31. The minimum atomic E-state index is 0.979. The first-order valence-corrected chi connectivity index (χ1v) is 8.53. The average molecular weight is 308 g/mol. The van der Waals surface area contributed by atoms with Crippen molar-refractivity contribution in [2.45, 2.75) is 41.5 Å². The van der Waals surface area contributed by atoms with Crippen molar-refractivity contribution >= 4 is 11.4 Å². The van der Waals surface area contributed by atoms with Crippen LogP contribution in [0.15, 0.2) is 24.3 Å². The lowest BCUT2D eigenvalue weighted by molar-refractivity contribution is 0.936. The molecule has 0 amide bonds. The topological polar surface area (TPSA) is 6.48 Å². The molecule has 1 fully saturated rings. The predicted octanol–water partition coefficient (Wildman–Crippen LogP) is 4.82. The van der Waals surface area contributed by atoms with Crippen LogP contribution in [0, 0.1) is 41.5 Å². The van der Waals surface area contributed by atoms with Gasteiger partial charge >= 0.3 is 0 Å². The summed E-state index contributed by atoms with van der Waals surface area (Å²) in [5, 5.41) is 0. The van der Waals surface area contributed by atoms with Crippen molar-refractivity contribution in [2.24, 2.45) is 0 Å². The van der Waals surface area contributed by atoms with Crippen LogP contribution in [0.3, 0.4) is 0 Å². The molecule has 1 heterocycles. The monoisotopic (exact) mass is 308 g/mol. The third-order valence-corrected chi connectivity index (χ3v) is 5.72. The Balaban J connectivity index is 1.87. The molecule has 1 aliphatic heterocycles. The van der Waals surface area contributed by atoms with Gasteiger partial charge in [0, 0.05) is 24.5 Å². The molecule has 2 aromatic carbocycles. The molecule has 0 saturated carbocycles. The largest absolute Gasteiger partial charge is 0.352 e. The summed E-state index contributed by atoms with van der Waals surface area (Å²) in [6.45, 7) is 16.5. The molecule has 0 atom stereocenters. The molecular weight excluding hydrogens is 280 g/mol. The molecule has 1 aliphatic rings. The van der Waals surface area contributed by atoms with Crippen LogP contribution in [-0.4, -0.2) is 19.8 Å². The highest BCUT2D eigenvalue weighted by molar-refractivity contribution is 5.64. The average Bonchev–Trinajstić information content (AvgIpc) is 3.00. The van der Waals surface area contributed by atoms with E-state index in [4.69, 9.17) is 0 Å². The lowest BCUT2D eigenvalue weighted by Gasteiger charge is -2.25. The van der Waals surface area contributed by atoms with E-state index in [0.29, 0.717) is 0 Å². The van der Waals surface area contributed by atoms with E-state index >= 15 is 0 Å². The predicted molar refractivity (Wildman–Crippen MR) is 101 cm³/mol. The van der Waals surface area contributed by atoms with Gasteiger partial charge in [-0.05, 0) is 87.1 Å². The number of hydrogen-bond acceptors (Lipinski definition) is 2. The van der Waals surface area contributed by atoms with Gasteiger partial charge in [0.05, 0.1) is 6.67 Å². The highest BCUT2D eigenvalue weighted by atomic mass is 15.4. The van der Waals surface area contributed by atoms with Gasteiger partial charge in [0.25, 0.3) is 0 Å². The molecule has 0 spiro atoms. The van der Waals surface area contributed by atoms with Gasteiger partial charge in [-0.3, -0.25) is 0 Å². The summed E-state index contributed by atoms with van der Waals surface area (Å²) in [5.74, 6) is 0. The summed E-state index contributed by atoms with van der Waals surface area (Å²) in [7, 11) is 0. The van der Waals surface area contributed by atoms with Crippen molar-refractivity contribution in [3.05, 3.63) is 57.6 Å². The van der Waals surface area contributed by atoms with E-state index in [1.54, 1.807) is 0 Å². The van der Waals surface area contributed by atoms with Crippen molar-refractivity contribution < 1.29 is 0 Å². The minimum absolute atomic E-state index is 0.979. The van der Waals surface area contributed by atoms with Crippen LogP contribution in [0.1, 0.15) is 33.4 Å². The molecule has 0 N–H and O–H groups in total. The standard InChI is InChI=1S/C21H28N2/c1-14-7-9-20(18(5)16(14)3)22-11-12-23(13-22)21-10-8-15(2)17(4)19(21)6/h7-10H,11-13H2,1-6H3. The first kappa shape index (κ1) is 15.9. The third kappa shape index (κ3) is 2.71. The van der Waals surface area contributed by atoms with E-state index in [-0.39, 0.29) is 0 Å². The molecule has 2 aromatic rings. The van der Waals surface area contributed by atoms with E-state index in [2.05, 4.69) is 75.6 Å². The van der Waals surface area contributed by atoms with Gasteiger partial charge in [-0.15, -0.1) is 0 Å². The van der Waals surface area contributed by atoms with Gasteiger partial charge in [0.15, 0.2) is 0 Å². The summed E-state index contributed by atoms with van der Waals surface area (Å²) >= 11 is 0. The Morgan fingerprint density at radius 1 is 0.565 bits per heavy atom. The number of anilines is 2. The summed E-state index contributed by atoms with van der Waals surface area (Å²) in [4.78, 5) is 5.02. The Hall–Kier alpha value is -1.96. The molecule has 2 nitrogen and oxygen atoms in total. The zero-order valence-corrected chi connectivity index (χ0v) is 15.3. The number of nitrogens with zero attached hydrogens (tertiary/aromatic N) is 2. The van der Waals surface area contributed by atoms with Gasteiger partial charge in [0.1, 0.15) is 0 Å². The Morgan fingerprint density at radius 3 is 1.35 bits per heavy atom. The Kier molecular flexibility index (Phi) is 4.09. The summed E-state index contributed by atoms with van der Waals surface area (Å²) in [6, 6.07) is 9.08. The van der Waals surface area contributed by atoms with Gasteiger partial charge in [-0.2, -0.15) is 0 Å². The van der Waals surface area contributed by atoms with Crippen LogP contribution >= 0.6 is 0 Å². The fourth-order valence-corrected chi connectivity index (χ4v) is 3.55. The Bertz CT molecular complexity index is 682. The second kappa shape index (κ2) is 5.92. The molecule has 2 heteroatoms. The smallest absolute Gasteiger partial charge is 0.0904 e. The van der Waals surface area contributed by atoms with E-state index in [0.717, 1.165) is 19.8 Å². The lowest BCUT2D eigenvalue weighted by atomic mass is 10.0. The molecule has 3 rings (SSSR count). The summed E-state index contributed by atoms with van der Waals surface area (Å²) < 4.78 is 0. The van der Waals surface area contributed by atoms with Gasteiger partial charge in [-0.25, -0.2) is 0 Å². The zero-order chi connectivity index (χ0) is 16.7. The van der Waals surface area contributed by atoms with E-state index in [1.165, 1.54) is 44.8 Å².